The molecule has 1 amide bonds. The Morgan fingerprint density at radius 1 is 1.16 bits per heavy atom. The van der Waals surface area contributed by atoms with Crippen molar-refractivity contribution in [2.24, 2.45) is 0 Å². The predicted molar refractivity (Wildman–Crippen MR) is 119 cm³/mol. The molecule has 0 radical (unpaired) electrons. The number of pyridine rings is 1. The van der Waals surface area contributed by atoms with Crippen LogP contribution in [-0.4, -0.2) is 26.9 Å². The Balaban J connectivity index is 1.35. The van der Waals surface area contributed by atoms with Gasteiger partial charge in [0, 0.05) is 29.5 Å². The zero-order valence-corrected chi connectivity index (χ0v) is 17.7. The highest BCUT2D eigenvalue weighted by Crippen LogP contribution is 2.18. The molecule has 7 heteroatoms. The number of nitrogens with zero attached hydrogens (tertiary/aromatic N) is 2. The minimum absolute atomic E-state index is 0.0895. The van der Waals surface area contributed by atoms with Crippen molar-refractivity contribution in [2.75, 3.05) is 6.54 Å². The highest BCUT2D eigenvalue weighted by Gasteiger charge is 2.12. The number of aryl methyl sites for hydroxylation is 1. The van der Waals surface area contributed by atoms with E-state index >= 15 is 0 Å². The third kappa shape index (κ3) is 5.23. The van der Waals surface area contributed by atoms with E-state index in [0.717, 1.165) is 16.9 Å². The molecule has 0 saturated heterocycles. The summed E-state index contributed by atoms with van der Waals surface area (Å²) in [5.41, 5.74) is 3.94. The van der Waals surface area contributed by atoms with Gasteiger partial charge < -0.3 is 19.6 Å². The summed E-state index contributed by atoms with van der Waals surface area (Å²) < 4.78 is 7.79. The van der Waals surface area contributed by atoms with Crippen LogP contribution in [0.4, 0.5) is 0 Å². The number of fused-ring (bicyclic) bond motifs is 1. The summed E-state index contributed by atoms with van der Waals surface area (Å²) in [6.07, 6.45) is 3.12. The Kier molecular flexibility index (Phi) is 6.21. The fraction of sp³-hybridized carbons (Fsp3) is 0.167. The number of rotatable bonds is 7. The molecule has 4 aromatic rings. The number of halogens is 1. The number of ether oxygens (including phenoxy) is 1. The Morgan fingerprint density at radius 2 is 1.97 bits per heavy atom. The maximum Gasteiger partial charge on any atom is 0.251 e. The van der Waals surface area contributed by atoms with Gasteiger partial charge in [0.15, 0.2) is 0 Å². The standard InChI is InChI=1S/C24H22ClN3O3/c1-16-5-10-23-27-20(14-28(23)13-16)15-31-21-4-2-3-18(11-21)24(30)26-12-22(29)17-6-8-19(25)9-7-17/h2-11,13-14,22,29H,12,15H2,1H3,(H,26,30). The second-order valence-electron chi connectivity index (χ2n) is 7.30. The van der Waals surface area contributed by atoms with Crippen LogP contribution in [0.15, 0.2) is 73.1 Å². The van der Waals surface area contributed by atoms with Crippen LogP contribution in [0.25, 0.3) is 5.65 Å². The van der Waals surface area contributed by atoms with E-state index in [1.807, 2.05) is 35.9 Å². The van der Waals surface area contributed by atoms with Gasteiger partial charge in [-0.05, 0) is 54.4 Å². The molecular weight excluding hydrogens is 414 g/mol. The van der Waals surface area contributed by atoms with Crippen molar-refractivity contribution < 1.29 is 14.6 Å². The summed E-state index contributed by atoms with van der Waals surface area (Å²) in [7, 11) is 0. The number of imidazole rings is 1. The molecule has 0 spiro atoms. The molecule has 0 aliphatic rings. The van der Waals surface area contributed by atoms with Crippen molar-refractivity contribution in [3.8, 4) is 5.75 Å². The van der Waals surface area contributed by atoms with Gasteiger partial charge in [0.25, 0.3) is 5.91 Å². The number of aromatic nitrogens is 2. The molecule has 4 rings (SSSR count). The first-order chi connectivity index (χ1) is 15.0. The largest absolute Gasteiger partial charge is 0.487 e. The van der Waals surface area contributed by atoms with Gasteiger partial charge in [-0.2, -0.15) is 0 Å². The topological polar surface area (TPSA) is 75.9 Å². The third-order valence-electron chi connectivity index (χ3n) is 4.84. The van der Waals surface area contributed by atoms with E-state index < -0.39 is 6.10 Å². The average molecular weight is 436 g/mol. The zero-order chi connectivity index (χ0) is 21.8. The normalized spacial score (nSPS) is 12.0. The molecule has 0 fully saturated rings. The Labute approximate surface area is 185 Å². The Hall–Kier alpha value is -3.35. The molecule has 0 aliphatic heterocycles. The van der Waals surface area contributed by atoms with E-state index in [0.29, 0.717) is 28.5 Å². The second-order valence-corrected chi connectivity index (χ2v) is 7.73. The highest BCUT2D eigenvalue weighted by molar-refractivity contribution is 6.30. The number of amides is 1. The SMILES string of the molecule is Cc1ccc2nc(COc3cccc(C(=O)NCC(O)c4ccc(Cl)cc4)c3)cn2c1. The number of aliphatic hydroxyl groups excluding tert-OH is 1. The van der Waals surface area contributed by atoms with Crippen molar-refractivity contribution in [3.63, 3.8) is 0 Å². The summed E-state index contributed by atoms with van der Waals surface area (Å²) in [4.78, 5) is 17.0. The van der Waals surface area contributed by atoms with E-state index in [9.17, 15) is 9.90 Å². The van der Waals surface area contributed by atoms with Gasteiger partial charge in [-0.1, -0.05) is 35.9 Å². The first-order valence-electron chi connectivity index (χ1n) is 9.87. The molecule has 2 aromatic heterocycles. The highest BCUT2D eigenvalue weighted by atomic mass is 35.5. The van der Waals surface area contributed by atoms with Crippen LogP contribution in [0.1, 0.15) is 33.3 Å². The number of aliphatic hydroxyl groups is 1. The molecule has 0 aliphatic carbocycles. The molecule has 2 aromatic carbocycles. The summed E-state index contributed by atoms with van der Waals surface area (Å²) in [5.74, 6) is 0.279. The van der Waals surface area contributed by atoms with Crippen LogP contribution in [0.3, 0.4) is 0 Å². The molecule has 31 heavy (non-hydrogen) atoms. The molecule has 2 heterocycles. The molecular formula is C24H22ClN3O3. The number of hydrogen-bond donors (Lipinski definition) is 2. The van der Waals surface area contributed by atoms with Gasteiger partial charge in [-0.3, -0.25) is 4.79 Å². The average Bonchev–Trinajstić information content (AvgIpc) is 3.18. The maximum absolute atomic E-state index is 12.5. The summed E-state index contributed by atoms with van der Waals surface area (Å²) in [6.45, 7) is 2.41. The van der Waals surface area contributed by atoms with Gasteiger partial charge in [-0.15, -0.1) is 0 Å². The minimum Gasteiger partial charge on any atom is -0.487 e. The second kappa shape index (κ2) is 9.20. The van der Waals surface area contributed by atoms with Crippen molar-refractivity contribution in [2.45, 2.75) is 19.6 Å². The monoisotopic (exact) mass is 435 g/mol. The fourth-order valence-electron chi connectivity index (χ4n) is 3.20. The lowest BCUT2D eigenvalue weighted by molar-refractivity contribution is 0.0916. The first-order valence-corrected chi connectivity index (χ1v) is 10.2. The van der Waals surface area contributed by atoms with E-state index in [1.54, 1.807) is 48.5 Å². The summed E-state index contributed by atoms with van der Waals surface area (Å²) in [6, 6.07) is 17.8. The number of nitrogens with one attached hydrogen (secondary N) is 1. The van der Waals surface area contributed by atoms with Crippen molar-refractivity contribution in [1.82, 2.24) is 14.7 Å². The molecule has 6 nitrogen and oxygen atoms in total. The van der Waals surface area contributed by atoms with Crippen LogP contribution in [0.5, 0.6) is 5.75 Å². The predicted octanol–water partition coefficient (Wildman–Crippen LogP) is 4.34. The molecule has 1 unspecified atom stereocenters. The zero-order valence-electron chi connectivity index (χ0n) is 17.0. The Morgan fingerprint density at radius 3 is 2.77 bits per heavy atom. The van der Waals surface area contributed by atoms with Crippen molar-refractivity contribution in [1.29, 1.82) is 0 Å². The number of carbonyl (C=O) groups is 1. The quantitative estimate of drug-likeness (QED) is 0.453. The lowest BCUT2D eigenvalue weighted by Gasteiger charge is -2.13. The smallest absolute Gasteiger partial charge is 0.251 e. The third-order valence-corrected chi connectivity index (χ3v) is 5.09. The van der Waals surface area contributed by atoms with Gasteiger partial charge in [0.05, 0.1) is 11.8 Å². The van der Waals surface area contributed by atoms with Crippen LogP contribution in [-0.2, 0) is 6.61 Å². The summed E-state index contributed by atoms with van der Waals surface area (Å²) in [5, 5.41) is 13.6. The van der Waals surface area contributed by atoms with Gasteiger partial charge in [0.2, 0.25) is 0 Å². The molecule has 2 N–H and O–H groups in total. The van der Waals surface area contributed by atoms with Gasteiger partial charge in [-0.25, -0.2) is 4.98 Å². The van der Waals surface area contributed by atoms with Gasteiger partial charge >= 0.3 is 0 Å². The first kappa shape index (κ1) is 20.9. The van der Waals surface area contributed by atoms with Crippen molar-refractivity contribution in [3.05, 3.63) is 100 Å². The van der Waals surface area contributed by atoms with Crippen LogP contribution in [0.2, 0.25) is 5.02 Å². The molecule has 158 valence electrons. The van der Waals surface area contributed by atoms with E-state index in [4.69, 9.17) is 16.3 Å². The number of carbonyl (C=O) groups excluding carboxylic acids is 1. The summed E-state index contributed by atoms with van der Waals surface area (Å²) >= 11 is 5.86. The maximum atomic E-state index is 12.5. The van der Waals surface area contributed by atoms with Crippen LogP contribution >= 0.6 is 11.6 Å². The van der Waals surface area contributed by atoms with E-state index in [2.05, 4.69) is 10.3 Å². The van der Waals surface area contributed by atoms with Crippen LogP contribution in [0, 0.1) is 6.92 Å². The lowest BCUT2D eigenvalue weighted by atomic mass is 10.1. The Bertz CT molecular complexity index is 1200. The van der Waals surface area contributed by atoms with E-state index in [1.165, 1.54) is 0 Å². The fourth-order valence-corrected chi connectivity index (χ4v) is 3.33. The number of hydrogen-bond acceptors (Lipinski definition) is 4. The molecule has 0 saturated carbocycles. The minimum atomic E-state index is -0.820. The molecule has 0 bridgehead atoms. The number of benzene rings is 2. The molecule has 1 atom stereocenters. The van der Waals surface area contributed by atoms with Crippen LogP contribution < -0.4 is 10.1 Å². The van der Waals surface area contributed by atoms with Crippen molar-refractivity contribution >= 4 is 23.2 Å². The van der Waals surface area contributed by atoms with Gasteiger partial charge in [0.1, 0.15) is 18.0 Å². The van der Waals surface area contributed by atoms with E-state index in [-0.39, 0.29) is 12.5 Å². The lowest BCUT2D eigenvalue weighted by Crippen LogP contribution is -2.28.